The van der Waals surface area contributed by atoms with Gasteiger partial charge in [0.15, 0.2) is 0 Å². The second kappa shape index (κ2) is 4.13. The third kappa shape index (κ3) is 2.33. The highest BCUT2D eigenvalue weighted by molar-refractivity contribution is 5.63. The maximum atomic E-state index is 3.30. The van der Waals surface area contributed by atoms with E-state index in [1.807, 2.05) is 12.1 Å². The molecule has 0 saturated carbocycles. The Kier molecular flexibility index (Phi) is 2.82. The highest BCUT2D eigenvalue weighted by Crippen LogP contribution is 2.26. The number of hydrogen-bond acceptors (Lipinski definition) is 0. The molecule has 2 aromatic rings. The van der Waals surface area contributed by atoms with Gasteiger partial charge < -0.3 is 0 Å². The van der Waals surface area contributed by atoms with Gasteiger partial charge in [-0.15, -0.1) is 0 Å². The Morgan fingerprint density at radius 1 is 0.938 bits per heavy atom. The van der Waals surface area contributed by atoms with Gasteiger partial charge in [0, 0.05) is 0 Å². The Balaban J connectivity index is 2.45. The fourth-order valence-corrected chi connectivity index (χ4v) is 1.72. The second-order valence-corrected chi connectivity index (χ2v) is 5.11. The molecule has 0 bridgehead atoms. The molecule has 2 rings (SSSR count). The molecule has 0 nitrogen and oxygen atoms in total. The molecule has 0 heterocycles. The topological polar surface area (TPSA) is 0 Å². The van der Waals surface area contributed by atoms with Crippen molar-refractivity contribution in [2.24, 2.45) is 0 Å². The summed E-state index contributed by atoms with van der Waals surface area (Å²) in [4.78, 5) is 0. The van der Waals surface area contributed by atoms with Crippen LogP contribution in [-0.2, 0) is 5.41 Å². The third-order valence-corrected chi connectivity index (χ3v) is 2.75. The maximum absolute atomic E-state index is 3.30. The standard InChI is InChI=1S/C16H17/c1-16(2,3)15-11-7-10-14(12-15)13-8-5-4-6-9-13/h4-9,11-12H,1-3H3. The molecule has 0 saturated heterocycles. The van der Waals surface area contributed by atoms with Crippen LogP contribution in [0.1, 0.15) is 26.3 Å². The lowest BCUT2D eigenvalue weighted by molar-refractivity contribution is 0.590. The lowest BCUT2D eigenvalue weighted by Crippen LogP contribution is -2.10. The first-order chi connectivity index (χ1) is 7.57. The molecule has 0 N–H and O–H groups in total. The van der Waals surface area contributed by atoms with E-state index >= 15 is 0 Å². The smallest absolute Gasteiger partial charge is 0.00990 e. The van der Waals surface area contributed by atoms with Crippen molar-refractivity contribution in [3.8, 4) is 11.1 Å². The highest BCUT2D eigenvalue weighted by Gasteiger charge is 2.13. The average Bonchev–Trinajstić information content (AvgIpc) is 2.29. The predicted molar refractivity (Wildman–Crippen MR) is 69.4 cm³/mol. The van der Waals surface area contributed by atoms with Crippen LogP contribution < -0.4 is 0 Å². The Hall–Kier alpha value is -1.56. The molecule has 0 aliphatic rings. The number of rotatable bonds is 1. The van der Waals surface area contributed by atoms with E-state index in [4.69, 9.17) is 0 Å². The van der Waals surface area contributed by atoms with E-state index in [9.17, 15) is 0 Å². The fourth-order valence-electron chi connectivity index (χ4n) is 1.72. The number of hydrogen-bond donors (Lipinski definition) is 0. The van der Waals surface area contributed by atoms with Crippen molar-refractivity contribution in [1.29, 1.82) is 0 Å². The SMILES string of the molecule is CC(C)(C)c1cc[c]c(-c2ccccc2)c1. The first-order valence-corrected chi connectivity index (χ1v) is 5.65. The minimum atomic E-state index is 0.193. The molecular formula is C16H17. The molecular weight excluding hydrogens is 192 g/mol. The van der Waals surface area contributed by atoms with E-state index in [-0.39, 0.29) is 5.41 Å². The van der Waals surface area contributed by atoms with Crippen LogP contribution in [0.25, 0.3) is 11.1 Å². The summed E-state index contributed by atoms with van der Waals surface area (Å²) in [6.45, 7) is 6.70. The Morgan fingerprint density at radius 2 is 1.62 bits per heavy atom. The molecule has 0 aliphatic heterocycles. The van der Waals surface area contributed by atoms with Gasteiger partial charge in [0.2, 0.25) is 0 Å². The summed E-state index contributed by atoms with van der Waals surface area (Å²) < 4.78 is 0. The van der Waals surface area contributed by atoms with Crippen LogP contribution in [0.5, 0.6) is 0 Å². The van der Waals surface area contributed by atoms with E-state index < -0.39 is 0 Å². The van der Waals surface area contributed by atoms with Gasteiger partial charge in [0.25, 0.3) is 0 Å². The monoisotopic (exact) mass is 209 g/mol. The van der Waals surface area contributed by atoms with Gasteiger partial charge in [-0.3, -0.25) is 0 Å². The molecule has 0 heteroatoms. The van der Waals surface area contributed by atoms with Crippen molar-refractivity contribution in [1.82, 2.24) is 0 Å². The van der Waals surface area contributed by atoms with Crippen LogP contribution in [0.2, 0.25) is 0 Å². The summed E-state index contributed by atoms with van der Waals surface area (Å²) in [5.74, 6) is 0. The van der Waals surface area contributed by atoms with Gasteiger partial charge in [-0.05, 0) is 28.2 Å². The van der Waals surface area contributed by atoms with Crippen LogP contribution in [0.15, 0.2) is 48.5 Å². The quantitative estimate of drug-likeness (QED) is 0.651. The summed E-state index contributed by atoms with van der Waals surface area (Å²) in [5.41, 5.74) is 3.95. The summed E-state index contributed by atoms with van der Waals surface area (Å²) in [5, 5.41) is 0. The minimum Gasteiger partial charge on any atom is -0.0622 e. The van der Waals surface area contributed by atoms with E-state index in [1.165, 1.54) is 16.7 Å². The van der Waals surface area contributed by atoms with Gasteiger partial charge in [0.1, 0.15) is 0 Å². The molecule has 0 unspecified atom stereocenters. The van der Waals surface area contributed by atoms with Crippen LogP contribution in [0.4, 0.5) is 0 Å². The molecule has 0 amide bonds. The third-order valence-electron chi connectivity index (χ3n) is 2.75. The van der Waals surface area contributed by atoms with Crippen LogP contribution in [0.3, 0.4) is 0 Å². The van der Waals surface area contributed by atoms with E-state index in [1.54, 1.807) is 0 Å². The van der Waals surface area contributed by atoms with E-state index in [0.29, 0.717) is 0 Å². The molecule has 2 aromatic carbocycles. The average molecular weight is 209 g/mol. The Labute approximate surface area is 97.9 Å². The Morgan fingerprint density at radius 3 is 2.25 bits per heavy atom. The van der Waals surface area contributed by atoms with E-state index in [2.05, 4.69) is 63.2 Å². The van der Waals surface area contributed by atoms with Gasteiger partial charge in [-0.25, -0.2) is 0 Å². The summed E-state index contributed by atoms with van der Waals surface area (Å²) in [7, 11) is 0. The lowest BCUT2D eigenvalue weighted by Gasteiger charge is -2.19. The van der Waals surface area contributed by atoms with Crippen LogP contribution in [0, 0.1) is 6.07 Å². The maximum Gasteiger partial charge on any atom is -0.00990 e. The van der Waals surface area contributed by atoms with Gasteiger partial charge in [0.05, 0.1) is 0 Å². The first-order valence-electron chi connectivity index (χ1n) is 5.65. The van der Waals surface area contributed by atoms with Crippen molar-refractivity contribution >= 4 is 0 Å². The zero-order valence-corrected chi connectivity index (χ0v) is 10.1. The molecule has 81 valence electrons. The molecule has 0 aliphatic carbocycles. The van der Waals surface area contributed by atoms with Gasteiger partial charge in [-0.2, -0.15) is 0 Å². The van der Waals surface area contributed by atoms with Gasteiger partial charge >= 0.3 is 0 Å². The van der Waals surface area contributed by atoms with Crippen LogP contribution >= 0.6 is 0 Å². The van der Waals surface area contributed by atoms with Crippen molar-refractivity contribution in [2.45, 2.75) is 26.2 Å². The molecule has 0 spiro atoms. The van der Waals surface area contributed by atoms with E-state index in [0.717, 1.165) is 0 Å². The summed E-state index contributed by atoms with van der Waals surface area (Å²) in [6.07, 6.45) is 0. The molecule has 0 aromatic heterocycles. The first kappa shape index (κ1) is 10.9. The largest absolute Gasteiger partial charge is 0.0622 e. The normalized spacial score (nSPS) is 11.4. The zero-order valence-electron chi connectivity index (χ0n) is 10.1. The van der Waals surface area contributed by atoms with Crippen molar-refractivity contribution in [2.75, 3.05) is 0 Å². The molecule has 0 atom stereocenters. The molecule has 0 fully saturated rings. The summed E-state index contributed by atoms with van der Waals surface area (Å²) >= 11 is 0. The predicted octanol–water partition coefficient (Wildman–Crippen LogP) is 4.45. The van der Waals surface area contributed by atoms with Crippen molar-refractivity contribution < 1.29 is 0 Å². The highest BCUT2D eigenvalue weighted by atomic mass is 14.2. The lowest BCUT2D eigenvalue weighted by atomic mass is 9.85. The second-order valence-electron chi connectivity index (χ2n) is 5.11. The number of benzene rings is 2. The zero-order chi connectivity index (χ0) is 11.6. The minimum absolute atomic E-state index is 0.193. The molecule has 16 heavy (non-hydrogen) atoms. The Bertz CT molecular complexity index is 461. The van der Waals surface area contributed by atoms with Crippen molar-refractivity contribution in [3.05, 3.63) is 60.2 Å². The summed E-state index contributed by atoms with van der Waals surface area (Å²) in [6, 6.07) is 20.1. The van der Waals surface area contributed by atoms with Crippen LogP contribution in [-0.4, -0.2) is 0 Å². The molecule has 1 radical (unpaired) electrons. The van der Waals surface area contributed by atoms with Gasteiger partial charge in [-0.1, -0.05) is 69.3 Å². The fraction of sp³-hybridized carbons (Fsp3) is 0.250. The van der Waals surface area contributed by atoms with Crippen molar-refractivity contribution in [3.63, 3.8) is 0 Å².